The maximum absolute atomic E-state index is 12.7. The van der Waals surface area contributed by atoms with E-state index in [2.05, 4.69) is 29.5 Å². The van der Waals surface area contributed by atoms with Crippen LogP contribution in [0.3, 0.4) is 0 Å². The number of thiazole rings is 1. The molecule has 1 aromatic carbocycles. The molecule has 0 radical (unpaired) electrons. The molecule has 146 valence electrons. The van der Waals surface area contributed by atoms with Crippen LogP contribution in [0.15, 0.2) is 23.7 Å². The second-order valence-corrected chi connectivity index (χ2v) is 8.64. The summed E-state index contributed by atoms with van der Waals surface area (Å²) in [4.78, 5) is 29.7. The van der Waals surface area contributed by atoms with Crippen molar-refractivity contribution in [3.8, 4) is 0 Å². The molecule has 2 amide bonds. The van der Waals surface area contributed by atoms with Gasteiger partial charge in [0.25, 0.3) is 5.91 Å². The van der Waals surface area contributed by atoms with Gasteiger partial charge in [0.2, 0.25) is 5.91 Å². The van der Waals surface area contributed by atoms with Gasteiger partial charge in [-0.25, -0.2) is 4.98 Å². The van der Waals surface area contributed by atoms with Crippen molar-refractivity contribution in [3.63, 3.8) is 0 Å². The molecule has 1 saturated carbocycles. The number of rotatable bonds is 6. The van der Waals surface area contributed by atoms with E-state index in [0.29, 0.717) is 11.5 Å². The van der Waals surface area contributed by atoms with Gasteiger partial charge in [-0.15, -0.1) is 11.3 Å². The molecule has 6 nitrogen and oxygen atoms in total. The minimum atomic E-state index is -0.343. The zero-order chi connectivity index (χ0) is 19.4. The van der Waals surface area contributed by atoms with Gasteiger partial charge in [-0.3, -0.25) is 9.59 Å². The Morgan fingerprint density at radius 2 is 2.07 bits per heavy atom. The predicted octanol–water partition coefficient (Wildman–Crippen LogP) is 3.03. The van der Waals surface area contributed by atoms with Gasteiger partial charge >= 0.3 is 0 Å². The van der Waals surface area contributed by atoms with Crippen molar-refractivity contribution in [2.75, 3.05) is 0 Å². The fraction of sp³-hybridized carbons (Fsp3) is 0.550. The Bertz CT molecular complexity index is 804. The molecule has 0 unspecified atom stereocenters. The van der Waals surface area contributed by atoms with Crippen LogP contribution in [-0.4, -0.2) is 29.0 Å². The van der Waals surface area contributed by atoms with Gasteiger partial charge in [0.1, 0.15) is 0 Å². The summed E-state index contributed by atoms with van der Waals surface area (Å²) in [6.45, 7) is 4.16. The van der Waals surface area contributed by atoms with E-state index >= 15 is 0 Å². The molecule has 4 N–H and O–H groups in total. The monoisotopic (exact) mass is 388 g/mol. The summed E-state index contributed by atoms with van der Waals surface area (Å²) >= 11 is 1.51. The number of fused-ring (bicyclic) bond motifs is 1. The lowest BCUT2D eigenvalue weighted by molar-refractivity contribution is -0.127. The molecular formula is C20H28N4O2S. The Morgan fingerprint density at radius 3 is 2.85 bits per heavy atom. The summed E-state index contributed by atoms with van der Waals surface area (Å²) in [7, 11) is 0. The Balaban J connectivity index is 1.65. The lowest BCUT2D eigenvalue weighted by Gasteiger charge is -2.32. The van der Waals surface area contributed by atoms with Crippen LogP contribution in [0.4, 0.5) is 0 Å². The number of nitrogens with two attached hydrogens (primary N) is 1. The zero-order valence-corrected chi connectivity index (χ0v) is 16.7. The Kier molecular flexibility index (Phi) is 6.44. The largest absolute Gasteiger partial charge is 0.349 e. The smallest absolute Gasteiger partial charge is 0.251 e. The minimum Gasteiger partial charge on any atom is -0.349 e. The van der Waals surface area contributed by atoms with Crippen LogP contribution in [0, 0.1) is 11.8 Å². The molecular weight excluding hydrogens is 360 g/mol. The highest BCUT2D eigenvalue weighted by Crippen LogP contribution is 2.26. The van der Waals surface area contributed by atoms with Gasteiger partial charge in [-0.1, -0.05) is 26.7 Å². The average molecular weight is 389 g/mol. The van der Waals surface area contributed by atoms with Crippen molar-refractivity contribution in [2.45, 2.75) is 58.2 Å². The summed E-state index contributed by atoms with van der Waals surface area (Å²) in [6.07, 6.45) is 4.00. The number of nitrogens with one attached hydrogen (secondary N) is 2. The summed E-state index contributed by atoms with van der Waals surface area (Å²) in [6, 6.07) is 5.35. The van der Waals surface area contributed by atoms with Crippen molar-refractivity contribution in [1.29, 1.82) is 0 Å². The molecule has 0 bridgehead atoms. The van der Waals surface area contributed by atoms with Crippen molar-refractivity contribution < 1.29 is 9.59 Å². The van der Waals surface area contributed by atoms with Crippen LogP contribution in [0.1, 0.15) is 56.3 Å². The number of nitrogens with zero attached hydrogens (tertiary/aromatic N) is 1. The number of amides is 2. The van der Waals surface area contributed by atoms with Gasteiger partial charge < -0.3 is 16.4 Å². The summed E-state index contributed by atoms with van der Waals surface area (Å²) in [5.41, 5.74) is 9.31. The van der Waals surface area contributed by atoms with E-state index in [1.54, 1.807) is 11.6 Å². The van der Waals surface area contributed by atoms with Crippen molar-refractivity contribution in [3.05, 3.63) is 29.3 Å². The van der Waals surface area contributed by atoms with Crippen molar-refractivity contribution in [2.24, 2.45) is 17.6 Å². The molecule has 0 saturated heterocycles. The molecule has 1 aromatic heterocycles. The molecule has 3 atom stereocenters. The Labute approximate surface area is 163 Å². The minimum absolute atomic E-state index is 0.0499. The molecule has 2 aromatic rings. The predicted molar refractivity (Wildman–Crippen MR) is 108 cm³/mol. The van der Waals surface area contributed by atoms with Crippen molar-refractivity contribution in [1.82, 2.24) is 15.6 Å². The highest BCUT2D eigenvalue weighted by molar-refractivity contribution is 7.16. The van der Waals surface area contributed by atoms with Crippen LogP contribution < -0.4 is 16.4 Å². The van der Waals surface area contributed by atoms with Crippen LogP contribution >= 0.6 is 11.3 Å². The van der Waals surface area contributed by atoms with E-state index in [9.17, 15) is 9.59 Å². The van der Waals surface area contributed by atoms with Crippen LogP contribution in [0.5, 0.6) is 0 Å². The maximum atomic E-state index is 12.7. The number of aromatic nitrogens is 1. The summed E-state index contributed by atoms with van der Waals surface area (Å²) in [5.74, 6) is 0.00407. The SMILES string of the molecule is CC(C)C[C@@H](N)NC(=O)[C@@H]1CCCC[C@@H]1NC(=O)c1ccc2ncsc2c1. The van der Waals surface area contributed by atoms with Gasteiger partial charge in [-0.05, 0) is 43.4 Å². The van der Waals surface area contributed by atoms with E-state index in [4.69, 9.17) is 5.73 Å². The standard InChI is InChI=1S/C20H28N4O2S/c1-12(2)9-18(21)24-20(26)14-5-3-4-6-15(14)23-19(25)13-7-8-16-17(10-13)27-11-22-16/h7-8,10-12,14-15,18H,3-6,9,21H2,1-2H3,(H,23,25)(H,24,26)/t14-,15+,18+/m1/s1. The van der Waals surface area contributed by atoms with Crippen LogP contribution in [-0.2, 0) is 4.79 Å². The first-order valence-electron chi connectivity index (χ1n) is 9.64. The number of hydrogen-bond donors (Lipinski definition) is 3. The Hall–Kier alpha value is -1.99. The third-order valence-electron chi connectivity index (χ3n) is 5.07. The van der Waals surface area contributed by atoms with Crippen molar-refractivity contribution >= 4 is 33.4 Å². The normalized spacial score (nSPS) is 21.2. The Morgan fingerprint density at radius 1 is 1.30 bits per heavy atom. The second-order valence-electron chi connectivity index (χ2n) is 7.75. The molecule has 1 aliphatic rings. The molecule has 27 heavy (non-hydrogen) atoms. The highest BCUT2D eigenvalue weighted by atomic mass is 32.1. The number of carbonyl (C=O) groups excluding carboxylic acids is 2. The highest BCUT2D eigenvalue weighted by Gasteiger charge is 2.32. The van der Waals surface area contributed by atoms with E-state index < -0.39 is 0 Å². The first-order chi connectivity index (χ1) is 12.9. The first kappa shape index (κ1) is 19.8. The summed E-state index contributed by atoms with van der Waals surface area (Å²) in [5, 5.41) is 6.01. The molecule has 0 aliphatic heterocycles. The quantitative estimate of drug-likeness (QED) is 0.663. The zero-order valence-electron chi connectivity index (χ0n) is 15.9. The van der Waals surface area contributed by atoms with Crippen LogP contribution in [0.2, 0.25) is 0 Å². The second kappa shape index (κ2) is 8.80. The third kappa shape index (κ3) is 5.05. The molecule has 3 rings (SSSR count). The van der Waals surface area contributed by atoms with E-state index in [0.717, 1.165) is 42.3 Å². The molecule has 1 heterocycles. The van der Waals surface area contributed by atoms with E-state index in [-0.39, 0.29) is 29.9 Å². The topological polar surface area (TPSA) is 97.1 Å². The average Bonchev–Trinajstić information content (AvgIpc) is 3.09. The summed E-state index contributed by atoms with van der Waals surface area (Å²) < 4.78 is 0.986. The molecule has 1 fully saturated rings. The van der Waals surface area contributed by atoms with Gasteiger partial charge in [0.15, 0.2) is 0 Å². The maximum Gasteiger partial charge on any atom is 0.251 e. The number of carbonyl (C=O) groups is 2. The van der Waals surface area contributed by atoms with Gasteiger partial charge in [0.05, 0.1) is 27.8 Å². The molecule has 7 heteroatoms. The lowest BCUT2D eigenvalue weighted by Crippen LogP contribution is -2.52. The fourth-order valence-electron chi connectivity index (χ4n) is 3.72. The van der Waals surface area contributed by atoms with Gasteiger partial charge in [0, 0.05) is 11.6 Å². The van der Waals surface area contributed by atoms with E-state index in [1.807, 2.05) is 12.1 Å². The van der Waals surface area contributed by atoms with Crippen LogP contribution in [0.25, 0.3) is 10.2 Å². The lowest BCUT2D eigenvalue weighted by atomic mass is 9.83. The third-order valence-corrected chi connectivity index (χ3v) is 5.86. The van der Waals surface area contributed by atoms with Gasteiger partial charge in [-0.2, -0.15) is 0 Å². The number of hydrogen-bond acceptors (Lipinski definition) is 5. The fourth-order valence-corrected chi connectivity index (χ4v) is 4.44. The number of benzene rings is 1. The van der Waals surface area contributed by atoms with E-state index in [1.165, 1.54) is 11.3 Å². The molecule has 1 aliphatic carbocycles. The molecule has 0 spiro atoms. The first-order valence-corrected chi connectivity index (χ1v) is 10.5.